The van der Waals surface area contributed by atoms with Crippen LogP contribution in [0, 0.1) is 11.3 Å². The first-order valence-electron chi connectivity index (χ1n) is 12.2. The first-order chi connectivity index (χ1) is 14.8. The minimum Gasteiger partial charge on any atom is -0.317 e. The van der Waals surface area contributed by atoms with E-state index < -0.39 is 0 Å². The molecule has 168 valence electrons. The Labute approximate surface area is 189 Å². The van der Waals surface area contributed by atoms with Gasteiger partial charge in [-0.15, -0.1) is 0 Å². The summed E-state index contributed by atoms with van der Waals surface area (Å²) in [5.74, 6) is 0.876. The van der Waals surface area contributed by atoms with E-state index in [1.165, 1.54) is 108 Å². The van der Waals surface area contributed by atoms with Gasteiger partial charge in [0.2, 0.25) is 0 Å². The smallest absolute Gasteiger partial charge is 0.283 e. The van der Waals surface area contributed by atoms with Crippen LogP contribution in [0.5, 0.6) is 0 Å². The Kier molecular flexibility index (Phi) is 17.3. The molecule has 1 rings (SSSR count). The summed E-state index contributed by atoms with van der Waals surface area (Å²) in [6.45, 7) is 2.28. The Hall–Kier alpha value is -1.47. The number of rotatable bonds is 18. The van der Waals surface area contributed by atoms with Crippen LogP contribution in [0.1, 0.15) is 115 Å². The molecular formula is C26H42N2OS. The van der Waals surface area contributed by atoms with E-state index in [-0.39, 0.29) is 5.24 Å². The summed E-state index contributed by atoms with van der Waals surface area (Å²) in [6, 6.07) is 9.05. The zero-order valence-electron chi connectivity index (χ0n) is 19.1. The second kappa shape index (κ2) is 19.5. The van der Waals surface area contributed by atoms with Gasteiger partial charge in [0, 0.05) is 11.4 Å². The van der Waals surface area contributed by atoms with Crippen molar-refractivity contribution in [1.29, 1.82) is 5.26 Å². The van der Waals surface area contributed by atoms with E-state index in [2.05, 4.69) is 18.3 Å². The van der Waals surface area contributed by atoms with Crippen LogP contribution in [-0.4, -0.2) is 11.0 Å². The molecule has 1 amide bonds. The minimum atomic E-state index is -0.0133. The van der Waals surface area contributed by atoms with E-state index in [4.69, 9.17) is 5.26 Å². The standard InChI is InChI=1S/C26H42N2OS/c1-2-3-4-5-6-7-8-9-10-11-12-13-14-15-16-17-22-30-26(29)28-25-20-18-24(23-27)19-21-25/h18-21H,2-17,22H2,1H3,(H,28,29). The number of hydrogen-bond acceptors (Lipinski definition) is 3. The van der Waals surface area contributed by atoms with Crippen LogP contribution in [0.2, 0.25) is 0 Å². The third-order valence-electron chi connectivity index (χ3n) is 5.49. The van der Waals surface area contributed by atoms with E-state index in [9.17, 15) is 4.79 Å². The van der Waals surface area contributed by atoms with Gasteiger partial charge in [-0.2, -0.15) is 5.26 Å². The molecule has 0 unspecified atom stereocenters. The van der Waals surface area contributed by atoms with Crippen LogP contribution in [-0.2, 0) is 0 Å². The molecule has 0 spiro atoms. The molecular weight excluding hydrogens is 388 g/mol. The summed E-state index contributed by atoms with van der Waals surface area (Å²) in [4.78, 5) is 11.9. The molecule has 4 heteroatoms. The van der Waals surface area contributed by atoms with Crippen LogP contribution < -0.4 is 5.32 Å². The maximum absolute atomic E-state index is 11.9. The monoisotopic (exact) mass is 430 g/mol. The Morgan fingerprint density at radius 1 is 0.767 bits per heavy atom. The van der Waals surface area contributed by atoms with Gasteiger partial charge in [-0.05, 0) is 30.7 Å². The summed E-state index contributed by atoms with van der Waals surface area (Å²) >= 11 is 1.35. The number of carbonyl (C=O) groups excluding carboxylic acids is 1. The number of unbranched alkanes of at least 4 members (excludes halogenated alkanes) is 15. The van der Waals surface area contributed by atoms with E-state index in [1.807, 2.05) is 0 Å². The summed E-state index contributed by atoms with van der Waals surface area (Å²) in [5, 5.41) is 11.6. The molecule has 0 saturated heterocycles. The zero-order chi connectivity index (χ0) is 21.7. The van der Waals surface area contributed by atoms with Gasteiger partial charge in [0.1, 0.15) is 0 Å². The topological polar surface area (TPSA) is 52.9 Å². The molecule has 0 bridgehead atoms. The Bertz CT molecular complexity index is 580. The van der Waals surface area contributed by atoms with Crippen molar-refractivity contribution in [3.05, 3.63) is 29.8 Å². The van der Waals surface area contributed by atoms with E-state index in [1.54, 1.807) is 24.3 Å². The fourth-order valence-corrected chi connectivity index (χ4v) is 4.32. The maximum atomic E-state index is 11.9. The van der Waals surface area contributed by atoms with E-state index >= 15 is 0 Å². The van der Waals surface area contributed by atoms with E-state index in [0.717, 1.165) is 17.9 Å². The number of benzene rings is 1. The lowest BCUT2D eigenvalue weighted by atomic mass is 10.0. The molecule has 30 heavy (non-hydrogen) atoms. The quantitative estimate of drug-likeness (QED) is 0.236. The molecule has 3 nitrogen and oxygen atoms in total. The lowest BCUT2D eigenvalue weighted by Crippen LogP contribution is -2.05. The number of nitriles is 1. The molecule has 0 radical (unpaired) electrons. The normalized spacial score (nSPS) is 10.7. The summed E-state index contributed by atoms with van der Waals surface area (Å²) in [7, 11) is 0. The highest BCUT2D eigenvalue weighted by Crippen LogP contribution is 2.16. The summed E-state index contributed by atoms with van der Waals surface area (Å²) < 4.78 is 0. The number of anilines is 1. The number of thioether (sulfide) groups is 1. The van der Waals surface area contributed by atoms with Gasteiger partial charge in [0.25, 0.3) is 5.24 Å². The molecule has 0 aliphatic rings. The number of amides is 1. The SMILES string of the molecule is CCCCCCCCCCCCCCCCCCSC(=O)Nc1ccc(C#N)cc1. The van der Waals surface area contributed by atoms with E-state index in [0.29, 0.717) is 5.56 Å². The van der Waals surface area contributed by atoms with Crippen molar-refractivity contribution in [2.45, 2.75) is 110 Å². The van der Waals surface area contributed by atoms with Crippen LogP contribution in [0.25, 0.3) is 0 Å². The lowest BCUT2D eigenvalue weighted by molar-refractivity contribution is 0.269. The van der Waals surface area contributed by atoms with Crippen LogP contribution in [0.4, 0.5) is 10.5 Å². The molecule has 0 aromatic heterocycles. The average Bonchev–Trinajstić information content (AvgIpc) is 2.76. The second-order valence-corrected chi connectivity index (χ2v) is 9.32. The second-order valence-electron chi connectivity index (χ2n) is 8.25. The third kappa shape index (κ3) is 15.4. The highest BCUT2D eigenvalue weighted by atomic mass is 32.2. The zero-order valence-corrected chi connectivity index (χ0v) is 19.9. The van der Waals surface area contributed by atoms with Crippen molar-refractivity contribution >= 4 is 22.7 Å². The number of nitrogens with one attached hydrogen (secondary N) is 1. The van der Waals surface area contributed by atoms with Gasteiger partial charge in [0.05, 0.1) is 11.6 Å². The van der Waals surface area contributed by atoms with Crippen LogP contribution in [0.3, 0.4) is 0 Å². The number of nitrogens with zero attached hydrogens (tertiary/aromatic N) is 1. The first kappa shape index (κ1) is 26.6. The van der Waals surface area contributed by atoms with Gasteiger partial charge < -0.3 is 5.32 Å². The predicted octanol–water partition coefficient (Wildman–Crippen LogP) is 9.08. The molecule has 0 aliphatic heterocycles. The molecule has 0 saturated carbocycles. The molecule has 0 aliphatic carbocycles. The predicted molar refractivity (Wildman–Crippen MR) is 132 cm³/mol. The molecule has 0 atom stereocenters. The lowest BCUT2D eigenvalue weighted by Gasteiger charge is -2.05. The van der Waals surface area contributed by atoms with Crippen molar-refractivity contribution in [3.8, 4) is 6.07 Å². The Balaban J connectivity index is 1.81. The van der Waals surface area contributed by atoms with Gasteiger partial charge >= 0.3 is 0 Å². The average molecular weight is 431 g/mol. The van der Waals surface area contributed by atoms with Gasteiger partial charge in [0.15, 0.2) is 0 Å². The summed E-state index contributed by atoms with van der Waals surface area (Å²) in [6.07, 6.45) is 21.9. The largest absolute Gasteiger partial charge is 0.317 e. The molecule has 0 fully saturated rings. The Morgan fingerprint density at radius 3 is 1.63 bits per heavy atom. The van der Waals surface area contributed by atoms with Crippen molar-refractivity contribution in [1.82, 2.24) is 0 Å². The maximum Gasteiger partial charge on any atom is 0.283 e. The minimum absolute atomic E-state index is 0.0133. The highest BCUT2D eigenvalue weighted by molar-refractivity contribution is 8.13. The van der Waals surface area contributed by atoms with Crippen molar-refractivity contribution < 1.29 is 4.79 Å². The molecule has 1 aromatic rings. The summed E-state index contributed by atoms with van der Waals surface area (Å²) in [5.41, 5.74) is 1.35. The van der Waals surface area contributed by atoms with Gasteiger partial charge in [-0.3, -0.25) is 4.79 Å². The van der Waals surface area contributed by atoms with Gasteiger partial charge in [-0.25, -0.2) is 0 Å². The number of hydrogen-bond donors (Lipinski definition) is 1. The van der Waals surface area contributed by atoms with Crippen LogP contribution in [0.15, 0.2) is 24.3 Å². The van der Waals surface area contributed by atoms with Crippen LogP contribution >= 0.6 is 11.8 Å². The first-order valence-corrected chi connectivity index (χ1v) is 13.2. The molecule has 1 aromatic carbocycles. The van der Waals surface area contributed by atoms with Crippen molar-refractivity contribution in [2.24, 2.45) is 0 Å². The molecule has 1 N–H and O–H groups in total. The molecule has 0 heterocycles. The fraction of sp³-hybridized carbons (Fsp3) is 0.692. The Morgan fingerprint density at radius 2 is 1.20 bits per heavy atom. The van der Waals surface area contributed by atoms with Gasteiger partial charge in [-0.1, -0.05) is 115 Å². The van der Waals surface area contributed by atoms with Crippen molar-refractivity contribution in [2.75, 3.05) is 11.1 Å². The highest BCUT2D eigenvalue weighted by Gasteiger charge is 2.03. The van der Waals surface area contributed by atoms with Crippen molar-refractivity contribution in [3.63, 3.8) is 0 Å². The number of carbonyl (C=O) groups is 1. The fourth-order valence-electron chi connectivity index (χ4n) is 3.60. The third-order valence-corrected chi connectivity index (χ3v) is 6.35.